The second-order valence-corrected chi connectivity index (χ2v) is 3.10. The van der Waals surface area contributed by atoms with Gasteiger partial charge in [-0.1, -0.05) is 0 Å². The topological polar surface area (TPSA) is 38.9 Å². The highest BCUT2D eigenvalue weighted by atomic mass is 19.1. The molecule has 76 valence electrons. The van der Waals surface area contributed by atoms with E-state index in [1.54, 1.807) is 6.07 Å². The Bertz CT molecular complexity index is 498. The zero-order valence-corrected chi connectivity index (χ0v) is 7.74. The molecule has 0 aliphatic carbocycles. The van der Waals surface area contributed by atoms with Crippen molar-refractivity contribution in [3.05, 3.63) is 48.2 Å². The molecule has 1 aromatic carbocycles. The van der Waals surface area contributed by atoms with E-state index in [0.29, 0.717) is 11.4 Å². The molecular weight excluding hydrogens is 198 g/mol. The maximum Gasteiger partial charge on any atom is 0.132 e. The quantitative estimate of drug-likeness (QED) is 0.778. The largest absolute Gasteiger partial charge is 0.399 e. The SMILES string of the molecule is Nc1ccnc(-c2cc(F)ccc2F)c1. The molecule has 0 unspecified atom stereocenters. The van der Waals surface area contributed by atoms with Crippen molar-refractivity contribution in [2.24, 2.45) is 0 Å². The van der Waals surface area contributed by atoms with E-state index >= 15 is 0 Å². The highest BCUT2D eigenvalue weighted by molar-refractivity contribution is 5.63. The molecule has 0 amide bonds. The Morgan fingerprint density at radius 3 is 2.60 bits per heavy atom. The van der Waals surface area contributed by atoms with Crippen molar-refractivity contribution < 1.29 is 8.78 Å². The molecule has 0 spiro atoms. The molecule has 2 N–H and O–H groups in total. The van der Waals surface area contributed by atoms with Crippen LogP contribution in [0, 0.1) is 11.6 Å². The molecule has 0 saturated heterocycles. The van der Waals surface area contributed by atoms with E-state index in [1.165, 1.54) is 12.3 Å². The Labute approximate surface area is 85.4 Å². The first kappa shape index (κ1) is 9.58. The van der Waals surface area contributed by atoms with Crippen LogP contribution in [0.15, 0.2) is 36.5 Å². The number of benzene rings is 1. The minimum absolute atomic E-state index is 0.113. The van der Waals surface area contributed by atoms with E-state index in [0.717, 1.165) is 18.2 Å². The molecule has 4 heteroatoms. The lowest BCUT2D eigenvalue weighted by Crippen LogP contribution is -1.91. The van der Waals surface area contributed by atoms with Crippen molar-refractivity contribution >= 4 is 5.69 Å². The van der Waals surface area contributed by atoms with Crippen LogP contribution in [0.3, 0.4) is 0 Å². The average Bonchev–Trinajstić information content (AvgIpc) is 2.22. The third kappa shape index (κ3) is 1.93. The summed E-state index contributed by atoms with van der Waals surface area (Å²) in [7, 11) is 0. The minimum Gasteiger partial charge on any atom is -0.399 e. The molecule has 0 saturated carbocycles. The highest BCUT2D eigenvalue weighted by Gasteiger charge is 2.07. The summed E-state index contributed by atoms with van der Waals surface area (Å²) in [5, 5.41) is 0. The number of anilines is 1. The molecule has 15 heavy (non-hydrogen) atoms. The summed E-state index contributed by atoms with van der Waals surface area (Å²) in [6.07, 6.45) is 1.45. The number of hydrogen-bond donors (Lipinski definition) is 1. The predicted octanol–water partition coefficient (Wildman–Crippen LogP) is 2.61. The van der Waals surface area contributed by atoms with Crippen LogP contribution in [0.1, 0.15) is 0 Å². The van der Waals surface area contributed by atoms with E-state index in [1.807, 2.05) is 0 Å². The average molecular weight is 206 g/mol. The van der Waals surface area contributed by atoms with Crippen LogP contribution >= 0.6 is 0 Å². The molecule has 1 aromatic heterocycles. The van der Waals surface area contributed by atoms with Crippen LogP contribution in [0.25, 0.3) is 11.3 Å². The number of nitrogen functional groups attached to an aromatic ring is 1. The smallest absolute Gasteiger partial charge is 0.132 e. The van der Waals surface area contributed by atoms with Gasteiger partial charge in [-0.25, -0.2) is 8.78 Å². The molecule has 0 radical (unpaired) electrons. The summed E-state index contributed by atoms with van der Waals surface area (Å²) in [5.74, 6) is -1.02. The number of nitrogens with two attached hydrogens (primary N) is 1. The fraction of sp³-hybridized carbons (Fsp3) is 0. The molecule has 2 aromatic rings. The van der Waals surface area contributed by atoms with Crippen molar-refractivity contribution in [2.45, 2.75) is 0 Å². The summed E-state index contributed by atoms with van der Waals surface area (Å²) in [6, 6.07) is 6.30. The predicted molar refractivity (Wildman–Crippen MR) is 54.0 cm³/mol. The van der Waals surface area contributed by atoms with Crippen molar-refractivity contribution in [3.8, 4) is 11.3 Å². The minimum atomic E-state index is -0.519. The number of nitrogens with zero attached hydrogens (tertiary/aromatic N) is 1. The lowest BCUT2D eigenvalue weighted by molar-refractivity contribution is 0.602. The number of rotatable bonds is 1. The maximum atomic E-state index is 13.3. The lowest BCUT2D eigenvalue weighted by atomic mass is 10.1. The van der Waals surface area contributed by atoms with Gasteiger partial charge in [0.2, 0.25) is 0 Å². The lowest BCUT2D eigenvalue weighted by Gasteiger charge is -2.03. The van der Waals surface area contributed by atoms with Crippen LogP contribution < -0.4 is 5.73 Å². The summed E-state index contributed by atoms with van der Waals surface area (Å²) < 4.78 is 26.2. The Hall–Kier alpha value is -1.97. The van der Waals surface area contributed by atoms with E-state index < -0.39 is 11.6 Å². The summed E-state index contributed by atoms with van der Waals surface area (Å²) in [4.78, 5) is 3.93. The second-order valence-electron chi connectivity index (χ2n) is 3.10. The van der Waals surface area contributed by atoms with Crippen LogP contribution in [0.5, 0.6) is 0 Å². The molecule has 0 aliphatic rings. The first-order valence-corrected chi connectivity index (χ1v) is 4.34. The van der Waals surface area contributed by atoms with Gasteiger partial charge in [-0.05, 0) is 30.3 Å². The van der Waals surface area contributed by atoms with Gasteiger partial charge in [0.1, 0.15) is 11.6 Å². The standard InChI is InChI=1S/C11H8F2N2/c12-7-1-2-10(13)9(5-7)11-6-8(14)3-4-15-11/h1-6H,(H2,14,15). The molecule has 0 bridgehead atoms. The van der Waals surface area contributed by atoms with E-state index in [4.69, 9.17) is 5.73 Å². The number of pyridine rings is 1. The van der Waals surface area contributed by atoms with Crippen LogP contribution in [0.2, 0.25) is 0 Å². The monoisotopic (exact) mass is 206 g/mol. The van der Waals surface area contributed by atoms with Crippen LogP contribution in [0.4, 0.5) is 14.5 Å². The van der Waals surface area contributed by atoms with Gasteiger partial charge >= 0.3 is 0 Å². The van der Waals surface area contributed by atoms with Gasteiger partial charge < -0.3 is 5.73 Å². The second kappa shape index (κ2) is 3.65. The molecule has 0 aliphatic heterocycles. The normalized spacial score (nSPS) is 10.3. The maximum absolute atomic E-state index is 13.3. The third-order valence-corrected chi connectivity index (χ3v) is 1.99. The van der Waals surface area contributed by atoms with Crippen LogP contribution in [-0.2, 0) is 0 Å². The van der Waals surface area contributed by atoms with Gasteiger partial charge in [-0.15, -0.1) is 0 Å². The fourth-order valence-corrected chi connectivity index (χ4v) is 1.29. The molecule has 0 fully saturated rings. The Morgan fingerprint density at radius 1 is 1.07 bits per heavy atom. The zero-order valence-electron chi connectivity index (χ0n) is 7.74. The Morgan fingerprint density at radius 2 is 1.87 bits per heavy atom. The zero-order chi connectivity index (χ0) is 10.8. The summed E-state index contributed by atoms with van der Waals surface area (Å²) in [6.45, 7) is 0. The van der Waals surface area contributed by atoms with Gasteiger partial charge in [0.05, 0.1) is 5.69 Å². The molecule has 0 atom stereocenters. The Balaban J connectivity index is 2.58. The van der Waals surface area contributed by atoms with Gasteiger partial charge in [0.15, 0.2) is 0 Å². The Kier molecular flexibility index (Phi) is 2.33. The number of aromatic nitrogens is 1. The van der Waals surface area contributed by atoms with Gasteiger partial charge in [0, 0.05) is 17.4 Å². The van der Waals surface area contributed by atoms with Crippen molar-refractivity contribution in [1.82, 2.24) is 4.98 Å². The van der Waals surface area contributed by atoms with E-state index in [-0.39, 0.29) is 5.56 Å². The van der Waals surface area contributed by atoms with Gasteiger partial charge in [-0.2, -0.15) is 0 Å². The first-order valence-electron chi connectivity index (χ1n) is 4.34. The third-order valence-electron chi connectivity index (χ3n) is 1.99. The first-order chi connectivity index (χ1) is 7.16. The summed E-state index contributed by atoms with van der Waals surface area (Å²) in [5.41, 5.74) is 6.43. The molecular formula is C11H8F2N2. The van der Waals surface area contributed by atoms with Crippen molar-refractivity contribution in [2.75, 3.05) is 5.73 Å². The van der Waals surface area contributed by atoms with Crippen molar-refractivity contribution in [3.63, 3.8) is 0 Å². The molecule has 2 rings (SSSR count). The fourth-order valence-electron chi connectivity index (χ4n) is 1.29. The summed E-state index contributed by atoms with van der Waals surface area (Å²) >= 11 is 0. The number of hydrogen-bond acceptors (Lipinski definition) is 2. The van der Waals surface area contributed by atoms with E-state index in [9.17, 15) is 8.78 Å². The van der Waals surface area contributed by atoms with E-state index in [2.05, 4.69) is 4.98 Å². The van der Waals surface area contributed by atoms with Crippen molar-refractivity contribution in [1.29, 1.82) is 0 Å². The van der Waals surface area contributed by atoms with Crippen LogP contribution in [-0.4, -0.2) is 4.98 Å². The van der Waals surface area contributed by atoms with Gasteiger partial charge in [-0.3, -0.25) is 4.98 Å². The number of halogens is 2. The van der Waals surface area contributed by atoms with Gasteiger partial charge in [0.25, 0.3) is 0 Å². The molecule has 1 heterocycles. The molecule has 2 nitrogen and oxygen atoms in total. The highest BCUT2D eigenvalue weighted by Crippen LogP contribution is 2.22.